The number of benzene rings is 2. The van der Waals surface area contributed by atoms with Gasteiger partial charge in [-0.15, -0.1) is 0 Å². The van der Waals surface area contributed by atoms with Crippen molar-refractivity contribution in [2.24, 2.45) is 11.8 Å². The topological polar surface area (TPSA) is 42.2 Å². The van der Waals surface area contributed by atoms with Crippen molar-refractivity contribution in [1.82, 2.24) is 0 Å². The predicted octanol–water partition coefficient (Wildman–Crippen LogP) is 6.93. The molecular formula is C25H29NO2. The van der Waals surface area contributed by atoms with Gasteiger partial charge in [0.25, 0.3) is 0 Å². The Balaban J connectivity index is 1.26. The van der Waals surface area contributed by atoms with E-state index in [1.54, 1.807) is 6.07 Å². The Hall–Kier alpha value is -2.55. The van der Waals surface area contributed by atoms with Crippen LogP contribution >= 0.6 is 0 Å². The maximum absolute atomic E-state index is 10.9. The van der Waals surface area contributed by atoms with Crippen LogP contribution in [0.1, 0.15) is 55.8 Å². The van der Waals surface area contributed by atoms with E-state index in [2.05, 4.69) is 36.5 Å². The largest absolute Gasteiger partial charge is 0.456 e. The van der Waals surface area contributed by atoms with Gasteiger partial charge in [0.15, 0.2) is 0 Å². The Labute approximate surface area is 167 Å². The molecule has 0 radical (unpaired) electrons. The molecule has 0 bridgehead atoms. The number of carbonyl (C=O) groups excluding carboxylic acids is 1. The second-order valence-electron chi connectivity index (χ2n) is 8.14. The van der Waals surface area contributed by atoms with Gasteiger partial charge in [0, 0.05) is 28.7 Å². The summed E-state index contributed by atoms with van der Waals surface area (Å²) in [6, 6.07) is 15.9. The molecule has 3 aromatic rings. The van der Waals surface area contributed by atoms with E-state index >= 15 is 0 Å². The van der Waals surface area contributed by atoms with Gasteiger partial charge in [-0.3, -0.25) is 4.79 Å². The zero-order valence-electron chi connectivity index (χ0n) is 16.6. The maximum atomic E-state index is 10.9. The highest BCUT2D eigenvalue weighted by molar-refractivity contribution is 5.88. The number of unbranched alkanes of at least 4 members (excludes halogenated alkanes) is 1. The lowest BCUT2D eigenvalue weighted by Crippen LogP contribution is -2.22. The van der Waals surface area contributed by atoms with Crippen LogP contribution in [0.3, 0.4) is 0 Å². The van der Waals surface area contributed by atoms with Crippen molar-refractivity contribution in [3.05, 3.63) is 54.1 Å². The molecule has 1 N–H and O–H groups in total. The Morgan fingerprint density at radius 1 is 1.04 bits per heavy atom. The standard InChI is InChI=1S/C25H29NO2/c1-2-18-13-19(14-18)5-3-4-12-26-23-10-8-21(9-11-23)25-16-22-7-6-20(17-27)15-24(22)28-25/h6-11,15-19,26H,2-5,12-14H2,1H3. The van der Waals surface area contributed by atoms with Gasteiger partial charge < -0.3 is 9.73 Å². The molecule has 3 heteroatoms. The number of furan rings is 1. The monoisotopic (exact) mass is 375 g/mol. The average Bonchev–Trinajstić information content (AvgIpc) is 3.12. The fourth-order valence-electron chi connectivity index (χ4n) is 4.25. The Kier molecular flexibility index (Phi) is 5.80. The Morgan fingerprint density at radius 3 is 2.61 bits per heavy atom. The minimum Gasteiger partial charge on any atom is -0.456 e. The van der Waals surface area contributed by atoms with Gasteiger partial charge in [0.05, 0.1) is 0 Å². The third-order valence-corrected chi connectivity index (χ3v) is 6.13. The molecule has 1 aliphatic carbocycles. The maximum Gasteiger partial charge on any atom is 0.150 e. The summed E-state index contributed by atoms with van der Waals surface area (Å²) in [6.07, 6.45) is 9.09. The van der Waals surface area contributed by atoms with Crippen molar-refractivity contribution in [3.63, 3.8) is 0 Å². The van der Waals surface area contributed by atoms with E-state index in [-0.39, 0.29) is 0 Å². The first kappa shape index (κ1) is 18.8. The summed E-state index contributed by atoms with van der Waals surface area (Å²) in [7, 11) is 0. The van der Waals surface area contributed by atoms with Crippen LogP contribution in [0, 0.1) is 11.8 Å². The van der Waals surface area contributed by atoms with Crippen molar-refractivity contribution in [1.29, 1.82) is 0 Å². The molecule has 3 nitrogen and oxygen atoms in total. The quantitative estimate of drug-likeness (QED) is 0.326. The molecule has 0 unspecified atom stereocenters. The molecule has 0 aliphatic heterocycles. The number of fused-ring (bicyclic) bond motifs is 1. The van der Waals surface area contributed by atoms with E-state index < -0.39 is 0 Å². The van der Waals surface area contributed by atoms with Crippen LogP contribution in [0.4, 0.5) is 5.69 Å². The van der Waals surface area contributed by atoms with Crippen LogP contribution in [-0.2, 0) is 0 Å². The van der Waals surface area contributed by atoms with Gasteiger partial charge in [-0.1, -0.05) is 38.3 Å². The summed E-state index contributed by atoms with van der Waals surface area (Å²) in [4.78, 5) is 10.9. The highest BCUT2D eigenvalue weighted by Crippen LogP contribution is 2.38. The predicted molar refractivity (Wildman–Crippen MR) is 116 cm³/mol. The zero-order valence-corrected chi connectivity index (χ0v) is 16.6. The number of nitrogens with one attached hydrogen (secondary N) is 1. The van der Waals surface area contributed by atoms with Gasteiger partial charge in [-0.05, 0) is 67.5 Å². The number of rotatable bonds is 9. The zero-order chi connectivity index (χ0) is 19.3. The first-order valence-corrected chi connectivity index (χ1v) is 10.6. The van der Waals surface area contributed by atoms with Crippen LogP contribution in [0.15, 0.2) is 52.9 Å². The minimum atomic E-state index is 0.635. The van der Waals surface area contributed by atoms with Crippen LogP contribution in [0.2, 0.25) is 0 Å². The molecule has 0 amide bonds. The summed E-state index contributed by atoms with van der Waals surface area (Å²) >= 11 is 0. The third-order valence-electron chi connectivity index (χ3n) is 6.13. The first-order chi connectivity index (χ1) is 13.7. The summed E-state index contributed by atoms with van der Waals surface area (Å²) in [5.41, 5.74) is 3.58. The molecule has 146 valence electrons. The molecule has 1 aromatic heterocycles. The molecular weight excluding hydrogens is 346 g/mol. The molecule has 1 saturated carbocycles. The number of hydrogen-bond acceptors (Lipinski definition) is 3. The molecule has 0 saturated heterocycles. The average molecular weight is 376 g/mol. The SMILES string of the molecule is CCC1CC(CCCCNc2ccc(-c3cc4ccc(C=O)cc4o3)cc2)C1. The van der Waals surface area contributed by atoms with E-state index in [0.29, 0.717) is 5.56 Å². The first-order valence-electron chi connectivity index (χ1n) is 10.6. The van der Waals surface area contributed by atoms with Gasteiger partial charge in [0.1, 0.15) is 17.6 Å². The van der Waals surface area contributed by atoms with Gasteiger partial charge in [-0.2, -0.15) is 0 Å². The van der Waals surface area contributed by atoms with Crippen molar-refractivity contribution < 1.29 is 9.21 Å². The van der Waals surface area contributed by atoms with Crippen molar-refractivity contribution >= 4 is 22.9 Å². The number of hydrogen-bond donors (Lipinski definition) is 1. The molecule has 1 fully saturated rings. The van der Waals surface area contributed by atoms with Gasteiger partial charge in [-0.25, -0.2) is 0 Å². The minimum absolute atomic E-state index is 0.635. The molecule has 2 aromatic carbocycles. The van der Waals surface area contributed by atoms with E-state index in [4.69, 9.17) is 4.42 Å². The lowest BCUT2D eigenvalue weighted by molar-refractivity contribution is 0.112. The molecule has 4 rings (SSSR count). The lowest BCUT2D eigenvalue weighted by Gasteiger charge is -2.34. The van der Waals surface area contributed by atoms with Gasteiger partial charge in [0.2, 0.25) is 0 Å². The lowest BCUT2D eigenvalue weighted by atomic mass is 9.71. The van der Waals surface area contributed by atoms with Gasteiger partial charge >= 0.3 is 0 Å². The molecule has 1 heterocycles. The van der Waals surface area contributed by atoms with Crippen molar-refractivity contribution in [2.45, 2.75) is 45.4 Å². The van der Waals surface area contributed by atoms with Crippen LogP contribution in [0.25, 0.3) is 22.3 Å². The summed E-state index contributed by atoms with van der Waals surface area (Å²) < 4.78 is 5.92. The second kappa shape index (κ2) is 8.64. The molecule has 0 spiro atoms. The smallest absolute Gasteiger partial charge is 0.150 e. The molecule has 0 atom stereocenters. The number of aldehydes is 1. The highest BCUT2D eigenvalue weighted by atomic mass is 16.3. The second-order valence-corrected chi connectivity index (χ2v) is 8.14. The third kappa shape index (κ3) is 4.30. The van der Waals surface area contributed by atoms with E-state index in [1.807, 2.05) is 18.2 Å². The Morgan fingerprint density at radius 2 is 1.86 bits per heavy atom. The van der Waals surface area contributed by atoms with Crippen molar-refractivity contribution in [2.75, 3.05) is 11.9 Å². The fourth-order valence-corrected chi connectivity index (χ4v) is 4.25. The van der Waals surface area contributed by atoms with E-state index in [1.165, 1.54) is 38.5 Å². The summed E-state index contributed by atoms with van der Waals surface area (Å²) in [5, 5.41) is 4.54. The summed E-state index contributed by atoms with van der Waals surface area (Å²) in [6.45, 7) is 3.34. The Bertz CT molecular complexity index is 919. The van der Waals surface area contributed by atoms with Crippen molar-refractivity contribution in [3.8, 4) is 11.3 Å². The van der Waals surface area contributed by atoms with E-state index in [0.717, 1.165) is 52.6 Å². The molecule has 28 heavy (non-hydrogen) atoms. The number of carbonyl (C=O) groups is 1. The molecule has 1 aliphatic rings. The fraction of sp³-hybridized carbons (Fsp3) is 0.400. The van der Waals surface area contributed by atoms with Crippen LogP contribution in [-0.4, -0.2) is 12.8 Å². The number of anilines is 1. The highest BCUT2D eigenvalue weighted by Gasteiger charge is 2.26. The summed E-state index contributed by atoms with van der Waals surface area (Å²) in [5.74, 6) is 2.84. The van der Waals surface area contributed by atoms with Crippen LogP contribution < -0.4 is 5.32 Å². The van der Waals surface area contributed by atoms with Crippen LogP contribution in [0.5, 0.6) is 0 Å². The van der Waals surface area contributed by atoms with E-state index in [9.17, 15) is 4.79 Å². The normalized spacial score (nSPS) is 18.8.